The highest BCUT2D eigenvalue weighted by atomic mass is 19.3. The zero-order valence-electron chi connectivity index (χ0n) is 18.0. The highest BCUT2D eigenvalue weighted by Crippen LogP contribution is 2.36. The third kappa shape index (κ3) is 5.36. The molecule has 4 rings (SSSR count). The number of carbonyl (C=O) groups is 2. The molecule has 0 spiro atoms. The summed E-state index contributed by atoms with van der Waals surface area (Å²) in [4.78, 5) is 28.8. The van der Waals surface area contributed by atoms with Crippen molar-refractivity contribution >= 4 is 23.2 Å². The van der Waals surface area contributed by atoms with Crippen molar-refractivity contribution < 1.29 is 27.8 Å². The molecule has 32 heavy (non-hydrogen) atoms. The number of hydrogen-bond acceptors (Lipinski definition) is 6. The van der Waals surface area contributed by atoms with Crippen molar-refractivity contribution in [2.45, 2.75) is 50.8 Å². The lowest BCUT2D eigenvalue weighted by Crippen LogP contribution is -2.55. The molecule has 1 aromatic rings. The number of nitrogens with two attached hydrogens (primary N) is 1. The molecule has 0 unspecified atom stereocenters. The number of hydrogen-bond donors (Lipinski definition) is 2. The van der Waals surface area contributed by atoms with E-state index in [0.29, 0.717) is 24.3 Å². The zero-order valence-corrected chi connectivity index (χ0v) is 18.0. The van der Waals surface area contributed by atoms with Crippen molar-refractivity contribution in [1.82, 2.24) is 4.90 Å². The quantitative estimate of drug-likeness (QED) is 0.565. The predicted octanol–water partition coefficient (Wildman–Crippen LogP) is 2.18. The Kier molecular flexibility index (Phi) is 7.22. The van der Waals surface area contributed by atoms with E-state index in [9.17, 15) is 18.4 Å². The number of nitrogens with one attached hydrogen (secondary N) is 1. The Labute approximate surface area is 186 Å². The lowest BCUT2D eigenvalue weighted by Gasteiger charge is -2.41. The molecule has 1 heterocycles. The van der Waals surface area contributed by atoms with E-state index in [0.717, 1.165) is 25.8 Å². The summed E-state index contributed by atoms with van der Waals surface area (Å²) >= 11 is 0. The second kappa shape index (κ2) is 10.1. The molecule has 3 N–H and O–H groups in total. The number of anilines is 2. The number of rotatable bonds is 10. The molecule has 2 aliphatic carbocycles. The van der Waals surface area contributed by atoms with Crippen molar-refractivity contribution in [3.8, 4) is 5.75 Å². The molecule has 0 bridgehead atoms. The van der Waals surface area contributed by atoms with Crippen LogP contribution >= 0.6 is 0 Å². The second-order valence-corrected chi connectivity index (χ2v) is 8.62. The monoisotopic (exact) mass is 452 g/mol. The minimum Gasteiger partial charge on any atom is -0.433 e. The average molecular weight is 453 g/mol. The van der Waals surface area contributed by atoms with Crippen molar-refractivity contribution in [2.24, 2.45) is 11.7 Å². The van der Waals surface area contributed by atoms with Crippen LogP contribution in [0.5, 0.6) is 5.75 Å². The molecular weight excluding hydrogens is 422 g/mol. The van der Waals surface area contributed by atoms with Crippen LogP contribution in [0.25, 0.3) is 0 Å². The van der Waals surface area contributed by atoms with Crippen molar-refractivity contribution in [3.63, 3.8) is 0 Å². The number of nitrogens with zero attached hydrogens (tertiary/aromatic N) is 2. The molecule has 1 saturated heterocycles. The first-order valence-electron chi connectivity index (χ1n) is 11.2. The molecule has 3 aliphatic rings. The Morgan fingerprint density at radius 1 is 1.31 bits per heavy atom. The van der Waals surface area contributed by atoms with E-state index in [2.05, 4.69) is 15.0 Å². The Morgan fingerprint density at radius 2 is 2.09 bits per heavy atom. The molecule has 10 heteroatoms. The minimum absolute atomic E-state index is 0.122. The van der Waals surface area contributed by atoms with Gasteiger partial charge in [0.2, 0.25) is 5.91 Å². The van der Waals surface area contributed by atoms with E-state index in [-0.39, 0.29) is 42.9 Å². The molecule has 1 aromatic carbocycles. The fraction of sp³-hybridized carbons (Fsp3) is 0.636. The number of benzene rings is 1. The summed E-state index contributed by atoms with van der Waals surface area (Å²) in [7, 11) is 0. The molecule has 3 fully saturated rings. The lowest BCUT2D eigenvalue weighted by atomic mass is 9.89. The summed E-state index contributed by atoms with van der Waals surface area (Å²) in [5.41, 5.74) is 6.52. The van der Waals surface area contributed by atoms with Gasteiger partial charge < -0.3 is 25.4 Å². The summed E-state index contributed by atoms with van der Waals surface area (Å²) in [6, 6.07) is 4.28. The van der Waals surface area contributed by atoms with Gasteiger partial charge in [-0.25, -0.2) is 0 Å². The zero-order chi connectivity index (χ0) is 22.7. The van der Waals surface area contributed by atoms with Gasteiger partial charge in [0.15, 0.2) is 5.75 Å². The first kappa shape index (κ1) is 22.9. The maximum absolute atomic E-state index is 13.1. The molecule has 0 radical (unpaired) electrons. The summed E-state index contributed by atoms with van der Waals surface area (Å²) in [5, 5.41) is 2.81. The standard InChI is InChI=1S/C22H30F2N4O4/c23-22(24)32-19-10-15(6-7-17(19)27-8-9-31-13-20(27)29)26-21(30)18(11-25)28(12-14-4-5-14)16-2-1-3-16/h6-7,10,14,16,18,22H,1-5,8-9,11-13,25H2,(H,26,30)/t18-/m0/s1. The Bertz CT molecular complexity index is 832. The lowest BCUT2D eigenvalue weighted by molar-refractivity contribution is -0.126. The van der Waals surface area contributed by atoms with Crippen LogP contribution in [-0.2, 0) is 14.3 Å². The van der Waals surface area contributed by atoms with Gasteiger partial charge in [-0.3, -0.25) is 14.5 Å². The van der Waals surface area contributed by atoms with Gasteiger partial charge in [0.25, 0.3) is 5.91 Å². The van der Waals surface area contributed by atoms with Crippen LogP contribution < -0.4 is 20.7 Å². The Morgan fingerprint density at radius 3 is 2.69 bits per heavy atom. The third-order valence-electron chi connectivity index (χ3n) is 6.36. The number of ether oxygens (including phenoxy) is 2. The van der Waals surface area contributed by atoms with E-state index in [1.54, 1.807) is 6.07 Å². The van der Waals surface area contributed by atoms with Gasteiger partial charge in [0.1, 0.15) is 12.6 Å². The van der Waals surface area contributed by atoms with Gasteiger partial charge in [-0.05, 0) is 43.7 Å². The van der Waals surface area contributed by atoms with Gasteiger partial charge in [0.05, 0.1) is 12.3 Å². The number of alkyl halides is 2. The van der Waals surface area contributed by atoms with Crippen molar-refractivity contribution in [3.05, 3.63) is 18.2 Å². The average Bonchev–Trinajstić information content (AvgIpc) is 3.52. The van der Waals surface area contributed by atoms with Gasteiger partial charge in [-0.1, -0.05) is 6.42 Å². The highest BCUT2D eigenvalue weighted by molar-refractivity contribution is 5.98. The van der Waals surface area contributed by atoms with Crippen LogP contribution in [-0.4, -0.2) is 68.3 Å². The Balaban J connectivity index is 1.51. The van der Waals surface area contributed by atoms with E-state index < -0.39 is 12.7 Å². The van der Waals surface area contributed by atoms with E-state index >= 15 is 0 Å². The maximum atomic E-state index is 13.1. The normalized spacial score (nSPS) is 20.4. The molecule has 176 valence electrons. The number of halogens is 2. The van der Waals surface area contributed by atoms with Crippen LogP contribution in [0.4, 0.5) is 20.2 Å². The van der Waals surface area contributed by atoms with Gasteiger partial charge >= 0.3 is 6.61 Å². The Hall–Kier alpha value is -2.30. The van der Waals surface area contributed by atoms with Crippen LogP contribution in [0, 0.1) is 5.92 Å². The van der Waals surface area contributed by atoms with Crippen molar-refractivity contribution in [2.75, 3.05) is 43.1 Å². The van der Waals surface area contributed by atoms with Gasteiger partial charge in [0, 0.05) is 37.4 Å². The molecule has 2 saturated carbocycles. The third-order valence-corrected chi connectivity index (χ3v) is 6.36. The van der Waals surface area contributed by atoms with E-state index in [4.69, 9.17) is 10.5 Å². The van der Waals surface area contributed by atoms with Crippen LogP contribution in [0.15, 0.2) is 18.2 Å². The fourth-order valence-electron chi connectivity index (χ4n) is 4.24. The number of amides is 2. The summed E-state index contributed by atoms with van der Waals surface area (Å²) in [5.74, 6) is -0.162. The fourth-order valence-corrected chi connectivity index (χ4v) is 4.24. The summed E-state index contributed by atoms with van der Waals surface area (Å²) in [6.45, 7) is -1.62. The largest absolute Gasteiger partial charge is 0.433 e. The van der Waals surface area contributed by atoms with Crippen LogP contribution in [0.2, 0.25) is 0 Å². The smallest absolute Gasteiger partial charge is 0.387 e. The van der Waals surface area contributed by atoms with Crippen molar-refractivity contribution in [1.29, 1.82) is 0 Å². The second-order valence-electron chi connectivity index (χ2n) is 8.62. The first-order valence-corrected chi connectivity index (χ1v) is 11.2. The SMILES string of the molecule is NC[C@@H](C(=O)Nc1ccc(N2CCOCC2=O)c(OC(F)F)c1)N(CC1CC1)C1CCC1. The minimum atomic E-state index is -3.07. The van der Waals surface area contributed by atoms with Gasteiger partial charge in [-0.2, -0.15) is 8.78 Å². The predicted molar refractivity (Wildman–Crippen MR) is 115 cm³/mol. The summed E-state index contributed by atoms with van der Waals surface area (Å²) < 4.78 is 35.9. The first-order chi connectivity index (χ1) is 15.5. The molecule has 2 amide bonds. The summed E-state index contributed by atoms with van der Waals surface area (Å²) in [6.07, 6.45) is 5.63. The molecular formula is C22H30F2N4O4. The molecule has 1 aliphatic heterocycles. The molecule has 1 atom stereocenters. The molecule has 0 aromatic heterocycles. The van der Waals surface area contributed by atoms with E-state index in [1.807, 2.05) is 0 Å². The highest BCUT2D eigenvalue weighted by Gasteiger charge is 2.37. The van der Waals surface area contributed by atoms with E-state index in [1.165, 1.54) is 29.9 Å². The van der Waals surface area contributed by atoms with Crippen LogP contribution in [0.3, 0.4) is 0 Å². The number of morpholine rings is 1. The van der Waals surface area contributed by atoms with Crippen LogP contribution in [0.1, 0.15) is 32.1 Å². The van der Waals surface area contributed by atoms with Gasteiger partial charge in [-0.15, -0.1) is 0 Å². The topological polar surface area (TPSA) is 97.1 Å². The number of carbonyl (C=O) groups excluding carboxylic acids is 2. The maximum Gasteiger partial charge on any atom is 0.387 e. The molecule has 8 nitrogen and oxygen atoms in total.